The minimum Gasteiger partial charge on any atom is -0.361 e. The van der Waals surface area contributed by atoms with E-state index in [1.165, 1.54) is 6.07 Å². The summed E-state index contributed by atoms with van der Waals surface area (Å²) in [6.45, 7) is 1.70. The van der Waals surface area contributed by atoms with Crippen LogP contribution in [0.2, 0.25) is 0 Å². The average molecular weight is 310 g/mol. The second-order valence-electron chi connectivity index (χ2n) is 5.20. The predicted octanol–water partition coefficient (Wildman–Crippen LogP) is 2.23. The number of aryl methyl sites for hydroxylation is 1. The molecule has 1 aliphatic rings. The van der Waals surface area contributed by atoms with Crippen LogP contribution in [0.1, 0.15) is 35.0 Å². The van der Waals surface area contributed by atoms with Crippen LogP contribution in [-0.4, -0.2) is 13.6 Å². The van der Waals surface area contributed by atoms with Gasteiger partial charge in [-0.25, -0.2) is 17.5 Å². The molecule has 0 radical (unpaired) electrons. The van der Waals surface area contributed by atoms with Gasteiger partial charge in [0.05, 0.1) is 0 Å². The molecule has 3 rings (SSSR count). The first-order chi connectivity index (χ1) is 9.94. The molecule has 1 aromatic carbocycles. The van der Waals surface area contributed by atoms with E-state index in [1.54, 1.807) is 25.1 Å². The van der Waals surface area contributed by atoms with Gasteiger partial charge in [-0.1, -0.05) is 17.3 Å². The van der Waals surface area contributed by atoms with Gasteiger partial charge in [0.1, 0.15) is 23.0 Å². The zero-order valence-electron chi connectivity index (χ0n) is 11.5. The van der Waals surface area contributed by atoms with Crippen molar-refractivity contribution >= 4 is 10.0 Å². The summed E-state index contributed by atoms with van der Waals surface area (Å²) in [7, 11) is -3.56. The van der Waals surface area contributed by atoms with Crippen LogP contribution in [0, 0.1) is 12.7 Å². The van der Waals surface area contributed by atoms with Gasteiger partial charge in [0.25, 0.3) is 0 Å². The van der Waals surface area contributed by atoms with Crippen LogP contribution in [0.4, 0.5) is 4.39 Å². The molecular weight excluding hydrogens is 295 g/mol. The molecule has 1 N–H and O–H groups in total. The van der Waals surface area contributed by atoms with Crippen molar-refractivity contribution in [2.45, 2.75) is 31.6 Å². The van der Waals surface area contributed by atoms with Crippen molar-refractivity contribution in [2.75, 3.05) is 0 Å². The van der Waals surface area contributed by atoms with Crippen LogP contribution in [0.25, 0.3) is 0 Å². The predicted molar refractivity (Wildman–Crippen MR) is 74.5 cm³/mol. The highest BCUT2D eigenvalue weighted by Crippen LogP contribution is 2.33. The molecule has 0 amide bonds. The van der Waals surface area contributed by atoms with Gasteiger partial charge >= 0.3 is 0 Å². The molecule has 0 aliphatic heterocycles. The molecule has 21 heavy (non-hydrogen) atoms. The Morgan fingerprint density at radius 1 is 1.48 bits per heavy atom. The fraction of sp³-hybridized carbons (Fsp3) is 0.357. The lowest BCUT2D eigenvalue weighted by Gasteiger charge is -2.13. The zero-order chi connectivity index (χ0) is 15.0. The number of aromatic nitrogens is 1. The summed E-state index contributed by atoms with van der Waals surface area (Å²) in [5.74, 6) is 0.0423. The maximum absolute atomic E-state index is 13.6. The number of rotatable bonds is 4. The molecule has 0 bridgehead atoms. The number of halogens is 1. The van der Waals surface area contributed by atoms with Crippen molar-refractivity contribution in [3.63, 3.8) is 0 Å². The Kier molecular flexibility index (Phi) is 3.54. The van der Waals surface area contributed by atoms with E-state index in [0.29, 0.717) is 29.9 Å². The molecule has 0 spiro atoms. The van der Waals surface area contributed by atoms with Gasteiger partial charge < -0.3 is 4.52 Å². The summed E-state index contributed by atoms with van der Waals surface area (Å²) in [6.07, 6.45) is 1.10. The van der Waals surface area contributed by atoms with Gasteiger partial charge in [-0.2, -0.15) is 0 Å². The van der Waals surface area contributed by atoms with E-state index < -0.39 is 10.0 Å². The van der Waals surface area contributed by atoms with Gasteiger partial charge in [0, 0.05) is 12.1 Å². The fourth-order valence-electron chi connectivity index (χ4n) is 2.67. The molecule has 2 aromatic rings. The standard InChI is InChI=1S/C14H15FN2O3S/c1-9-7-10(16-20-9)8-21(18,19)17-14-6-5-11-12(14)3-2-4-13(11)15/h2-4,7,14,17H,5-6,8H2,1H3. The average Bonchev–Trinajstić information content (AvgIpc) is 2.97. The van der Waals surface area contributed by atoms with Crippen molar-refractivity contribution < 1.29 is 17.3 Å². The number of hydrogen-bond acceptors (Lipinski definition) is 4. The molecular formula is C14H15FN2O3S. The highest BCUT2D eigenvalue weighted by Gasteiger charge is 2.28. The molecule has 0 fully saturated rings. The lowest BCUT2D eigenvalue weighted by Crippen LogP contribution is -2.28. The van der Waals surface area contributed by atoms with Gasteiger partial charge in [0.2, 0.25) is 10.0 Å². The van der Waals surface area contributed by atoms with Gasteiger partial charge in [-0.3, -0.25) is 0 Å². The number of nitrogens with zero attached hydrogens (tertiary/aromatic N) is 1. The third-order valence-corrected chi connectivity index (χ3v) is 4.87. The summed E-state index contributed by atoms with van der Waals surface area (Å²) >= 11 is 0. The van der Waals surface area contributed by atoms with Crippen molar-refractivity contribution in [3.8, 4) is 0 Å². The normalized spacial score (nSPS) is 17.9. The molecule has 1 heterocycles. The Hall–Kier alpha value is -1.73. The van der Waals surface area contributed by atoms with E-state index in [9.17, 15) is 12.8 Å². The first kappa shape index (κ1) is 14.2. The minimum absolute atomic E-state index is 0.245. The largest absolute Gasteiger partial charge is 0.361 e. The topological polar surface area (TPSA) is 72.2 Å². The van der Waals surface area contributed by atoms with Gasteiger partial charge in [-0.05, 0) is 37.0 Å². The van der Waals surface area contributed by atoms with Crippen LogP contribution in [-0.2, 0) is 22.2 Å². The maximum atomic E-state index is 13.6. The summed E-state index contributed by atoms with van der Waals surface area (Å²) in [5.41, 5.74) is 1.68. The second kappa shape index (κ2) is 5.23. The first-order valence-electron chi connectivity index (χ1n) is 6.64. The molecule has 1 aromatic heterocycles. The molecule has 112 valence electrons. The molecule has 7 heteroatoms. The van der Waals surface area contributed by atoms with E-state index >= 15 is 0 Å². The Morgan fingerprint density at radius 2 is 2.29 bits per heavy atom. The first-order valence-corrected chi connectivity index (χ1v) is 8.29. The summed E-state index contributed by atoms with van der Waals surface area (Å²) in [5, 5.41) is 3.68. The van der Waals surface area contributed by atoms with Crippen molar-refractivity contribution in [1.29, 1.82) is 0 Å². The Balaban J connectivity index is 1.77. The number of benzene rings is 1. The van der Waals surface area contributed by atoms with Gasteiger partial charge in [0.15, 0.2) is 0 Å². The SMILES string of the molecule is Cc1cc(CS(=O)(=O)NC2CCc3c(F)cccc32)no1. The maximum Gasteiger partial charge on any atom is 0.218 e. The van der Waals surface area contributed by atoms with Crippen molar-refractivity contribution in [2.24, 2.45) is 0 Å². The molecule has 1 unspecified atom stereocenters. The van der Waals surface area contributed by atoms with Gasteiger partial charge in [-0.15, -0.1) is 0 Å². The number of sulfonamides is 1. The van der Waals surface area contributed by atoms with E-state index in [-0.39, 0.29) is 17.6 Å². The van der Waals surface area contributed by atoms with Crippen molar-refractivity contribution in [1.82, 2.24) is 9.88 Å². The lowest BCUT2D eigenvalue weighted by atomic mass is 10.1. The van der Waals surface area contributed by atoms with Crippen LogP contribution in [0.15, 0.2) is 28.8 Å². The Morgan fingerprint density at radius 3 is 3.00 bits per heavy atom. The van der Waals surface area contributed by atoms with E-state index in [2.05, 4.69) is 9.88 Å². The van der Waals surface area contributed by atoms with E-state index in [0.717, 1.165) is 5.56 Å². The quantitative estimate of drug-likeness (QED) is 0.940. The number of hydrogen-bond donors (Lipinski definition) is 1. The molecule has 0 saturated heterocycles. The highest BCUT2D eigenvalue weighted by molar-refractivity contribution is 7.88. The van der Waals surface area contributed by atoms with E-state index in [4.69, 9.17) is 4.52 Å². The number of fused-ring (bicyclic) bond motifs is 1. The third-order valence-electron chi connectivity index (χ3n) is 3.55. The summed E-state index contributed by atoms with van der Waals surface area (Å²) < 4.78 is 45.5. The lowest BCUT2D eigenvalue weighted by molar-refractivity contribution is 0.392. The smallest absolute Gasteiger partial charge is 0.218 e. The minimum atomic E-state index is -3.56. The fourth-order valence-corrected chi connectivity index (χ4v) is 3.96. The molecule has 0 saturated carbocycles. The van der Waals surface area contributed by atoms with E-state index in [1.807, 2.05) is 0 Å². The van der Waals surface area contributed by atoms with Crippen LogP contribution >= 0.6 is 0 Å². The van der Waals surface area contributed by atoms with Crippen LogP contribution in [0.5, 0.6) is 0 Å². The zero-order valence-corrected chi connectivity index (χ0v) is 12.3. The summed E-state index contributed by atoms with van der Waals surface area (Å²) in [6, 6.07) is 5.96. The monoisotopic (exact) mass is 310 g/mol. The van der Waals surface area contributed by atoms with Crippen LogP contribution < -0.4 is 4.72 Å². The number of nitrogens with one attached hydrogen (secondary N) is 1. The molecule has 5 nitrogen and oxygen atoms in total. The molecule has 1 atom stereocenters. The third kappa shape index (κ3) is 2.98. The summed E-state index contributed by atoms with van der Waals surface area (Å²) in [4.78, 5) is 0. The van der Waals surface area contributed by atoms with Crippen LogP contribution in [0.3, 0.4) is 0 Å². The Bertz CT molecular complexity index is 770. The molecule has 1 aliphatic carbocycles. The second-order valence-corrected chi connectivity index (χ2v) is 6.96. The van der Waals surface area contributed by atoms with Crippen molar-refractivity contribution in [3.05, 3.63) is 52.7 Å². The Labute approximate surface area is 122 Å². The highest BCUT2D eigenvalue weighted by atomic mass is 32.2.